The molecule has 0 bridgehead atoms. The maximum atomic E-state index is 12.8. The number of hydrogen-bond donors (Lipinski definition) is 2. The second kappa shape index (κ2) is 8.13. The summed E-state index contributed by atoms with van der Waals surface area (Å²) in [6.07, 6.45) is 0. The third-order valence-corrected chi connectivity index (χ3v) is 5.98. The van der Waals surface area contributed by atoms with E-state index in [0.717, 1.165) is 43.0 Å². The number of aryl methyl sites for hydroxylation is 3. The van der Waals surface area contributed by atoms with Crippen molar-refractivity contribution in [2.75, 3.05) is 36.4 Å². The van der Waals surface area contributed by atoms with Gasteiger partial charge in [0.1, 0.15) is 0 Å². The Morgan fingerprint density at radius 1 is 1.04 bits per heavy atom. The number of benzene rings is 2. The second-order valence-corrected chi connectivity index (χ2v) is 7.89. The van der Waals surface area contributed by atoms with Crippen LogP contribution in [-0.2, 0) is 4.79 Å². The number of anilines is 2. The summed E-state index contributed by atoms with van der Waals surface area (Å²) in [5.41, 5.74) is 7.24. The molecule has 0 radical (unpaired) electrons. The molecule has 1 atom stereocenters. The Kier molecular flexibility index (Phi) is 5.85. The predicted molar refractivity (Wildman–Crippen MR) is 113 cm³/mol. The Balaban J connectivity index is 1.61. The Labute approximate surface area is 163 Å². The van der Waals surface area contributed by atoms with E-state index in [-0.39, 0.29) is 11.9 Å². The molecule has 0 unspecified atom stereocenters. The van der Waals surface area contributed by atoms with Crippen LogP contribution in [0.15, 0.2) is 36.4 Å². The molecule has 4 nitrogen and oxygen atoms in total. The fourth-order valence-electron chi connectivity index (χ4n) is 3.84. The van der Waals surface area contributed by atoms with Gasteiger partial charge < -0.3 is 15.1 Å². The topological polar surface area (TPSA) is 36.8 Å². The molecule has 1 saturated heterocycles. The zero-order valence-electron chi connectivity index (χ0n) is 17.2. The standard InChI is InChI=1S/C23H31N3O/c1-16-9-10-18(3)21(15-16)24-23(27)20(5)25-11-13-26(14-12-25)22-8-6-7-17(2)19(22)4/h6-10,15,20H,11-14H2,1-5H3,(H,24,27)/p+1/t20-/m1/s1. The molecule has 0 spiro atoms. The van der Waals surface area contributed by atoms with Gasteiger partial charge in [0.05, 0.1) is 26.2 Å². The van der Waals surface area contributed by atoms with Crippen molar-refractivity contribution in [2.45, 2.75) is 40.7 Å². The van der Waals surface area contributed by atoms with Gasteiger partial charge in [-0.3, -0.25) is 4.79 Å². The van der Waals surface area contributed by atoms with Gasteiger partial charge in [-0.25, -0.2) is 0 Å². The van der Waals surface area contributed by atoms with Crippen molar-refractivity contribution in [1.82, 2.24) is 0 Å². The average molecular weight is 367 g/mol. The van der Waals surface area contributed by atoms with Crippen molar-refractivity contribution in [3.05, 3.63) is 58.7 Å². The number of nitrogens with one attached hydrogen (secondary N) is 2. The number of hydrogen-bond acceptors (Lipinski definition) is 2. The maximum absolute atomic E-state index is 12.8. The van der Waals surface area contributed by atoms with Crippen LogP contribution in [0.1, 0.15) is 29.2 Å². The summed E-state index contributed by atoms with van der Waals surface area (Å²) in [5, 5.41) is 3.13. The van der Waals surface area contributed by atoms with Crippen LogP contribution >= 0.6 is 0 Å². The summed E-state index contributed by atoms with van der Waals surface area (Å²) in [5.74, 6) is 0.110. The number of quaternary nitrogens is 1. The molecule has 2 N–H and O–H groups in total. The summed E-state index contributed by atoms with van der Waals surface area (Å²) >= 11 is 0. The molecule has 2 aromatic rings. The summed E-state index contributed by atoms with van der Waals surface area (Å²) in [7, 11) is 0. The third kappa shape index (κ3) is 4.33. The summed E-state index contributed by atoms with van der Waals surface area (Å²) < 4.78 is 0. The van der Waals surface area contributed by atoms with Crippen molar-refractivity contribution in [2.24, 2.45) is 0 Å². The normalized spacial score (nSPS) is 16.3. The monoisotopic (exact) mass is 366 g/mol. The summed E-state index contributed by atoms with van der Waals surface area (Å²) in [4.78, 5) is 16.6. The van der Waals surface area contributed by atoms with Crippen LogP contribution in [0, 0.1) is 27.7 Å². The number of piperazine rings is 1. The molecule has 144 valence electrons. The third-order valence-electron chi connectivity index (χ3n) is 5.98. The molecule has 3 rings (SSSR count). The molecular formula is C23H32N3O+. The molecule has 1 aliphatic heterocycles. The minimum Gasteiger partial charge on any atom is -0.360 e. The van der Waals surface area contributed by atoms with Crippen LogP contribution in [0.2, 0.25) is 0 Å². The summed E-state index contributed by atoms with van der Waals surface area (Å²) in [6, 6.07) is 12.7. The van der Waals surface area contributed by atoms with E-state index in [1.165, 1.54) is 21.7 Å². The van der Waals surface area contributed by atoms with E-state index >= 15 is 0 Å². The zero-order chi connectivity index (χ0) is 19.6. The molecule has 0 aliphatic carbocycles. The fraction of sp³-hybridized carbons (Fsp3) is 0.435. The Morgan fingerprint density at radius 3 is 2.44 bits per heavy atom. The molecular weight excluding hydrogens is 334 g/mol. The maximum Gasteiger partial charge on any atom is 0.282 e. The minimum absolute atomic E-state index is 0.0503. The molecule has 1 amide bonds. The first-order chi connectivity index (χ1) is 12.9. The quantitative estimate of drug-likeness (QED) is 0.873. The molecule has 0 aromatic heterocycles. The molecule has 1 heterocycles. The lowest BCUT2D eigenvalue weighted by Gasteiger charge is -2.36. The average Bonchev–Trinajstić information content (AvgIpc) is 2.66. The molecule has 1 fully saturated rings. The lowest BCUT2D eigenvalue weighted by molar-refractivity contribution is -0.914. The van der Waals surface area contributed by atoms with Gasteiger partial charge in [-0.2, -0.15) is 0 Å². The van der Waals surface area contributed by atoms with Gasteiger partial charge in [-0.05, 0) is 69.0 Å². The number of amides is 1. The van der Waals surface area contributed by atoms with E-state index in [1.807, 2.05) is 19.9 Å². The molecule has 4 heteroatoms. The minimum atomic E-state index is -0.0503. The highest BCUT2D eigenvalue weighted by Gasteiger charge is 2.29. The van der Waals surface area contributed by atoms with Gasteiger partial charge in [0.15, 0.2) is 6.04 Å². The zero-order valence-corrected chi connectivity index (χ0v) is 17.2. The van der Waals surface area contributed by atoms with Crippen LogP contribution < -0.4 is 15.1 Å². The first kappa shape index (κ1) is 19.4. The summed E-state index contributed by atoms with van der Waals surface area (Å²) in [6.45, 7) is 14.4. The van der Waals surface area contributed by atoms with Crippen LogP contribution in [0.3, 0.4) is 0 Å². The van der Waals surface area contributed by atoms with Crippen molar-refractivity contribution in [3.63, 3.8) is 0 Å². The largest absolute Gasteiger partial charge is 0.360 e. The van der Waals surface area contributed by atoms with Gasteiger partial charge in [0.2, 0.25) is 0 Å². The van der Waals surface area contributed by atoms with Gasteiger partial charge >= 0.3 is 0 Å². The number of carbonyl (C=O) groups excluding carboxylic acids is 1. The SMILES string of the molecule is Cc1ccc(C)c(NC(=O)[C@@H](C)[NH+]2CCN(c3cccc(C)c3C)CC2)c1. The van der Waals surface area contributed by atoms with E-state index in [4.69, 9.17) is 0 Å². The highest BCUT2D eigenvalue weighted by molar-refractivity contribution is 5.94. The Morgan fingerprint density at radius 2 is 1.74 bits per heavy atom. The van der Waals surface area contributed by atoms with Crippen LogP contribution in [0.4, 0.5) is 11.4 Å². The number of carbonyl (C=O) groups is 1. The molecule has 1 aliphatic rings. The highest BCUT2D eigenvalue weighted by Crippen LogP contribution is 2.22. The Hall–Kier alpha value is -2.33. The molecule has 2 aromatic carbocycles. The number of nitrogens with zero attached hydrogens (tertiary/aromatic N) is 1. The number of rotatable bonds is 4. The van der Waals surface area contributed by atoms with Gasteiger partial charge in [0, 0.05) is 11.4 Å². The first-order valence-corrected chi connectivity index (χ1v) is 9.90. The first-order valence-electron chi connectivity index (χ1n) is 9.90. The van der Waals surface area contributed by atoms with Crippen LogP contribution in [0.25, 0.3) is 0 Å². The van der Waals surface area contributed by atoms with Crippen LogP contribution in [0.5, 0.6) is 0 Å². The highest BCUT2D eigenvalue weighted by atomic mass is 16.2. The van der Waals surface area contributed by atoms with Crippen LogP contribution in [-0.4, -0.2) is 38.1 Å². The molecule has 0 saturated carbocycles. The Bertz CT molecular complexity index is 822. The smallest absolute Gasteiger partial charge is 0.282 e. The van der Waals surface area contributed by atoms with Crippen molar-refractivity contribution < 1.29 is 9.69 Å². The molecule has 27 heavy (non-hydrogen) atoms. The van der Waals surface area contributed by atoms with E-state index < -0.39 is 0 Å². The second-order valence-electron chi connectivity index (χ2n) is 7.89. The van der Waals surface area contributed by atoms with Crippen molar-refractivity contribution >= 4 is 17.3 Å². The predicted octanol–water partition coefficient (Wildman–Crippen LogP) is 2.65. The van der Waals surface area contributed by atoms with Gasteiger partial charge in [-0.1, -0.05) is 24.3 Å². The van der Waals surface area contributed by atoms with E-state index in [0.29, 0.717) is 0 Å². The van der Waals surface area contributed by atoms with Crippen molar-refractivity contribution in [3.8, 4) is 0 Å². The van der Waals surface area contributed by atoms with E-state index in [2.05, 4.69) is 61.3 Å². The van der Waals surface area contributed by atoms with Gasteiger partial charge in [-0.15, -0.1) is 0 Å². The lowest BCUT2D eigenvalue weighted by Crippen LogP contribution is -3.19. The van der Waals surface area contributed by atoms with E-state index in [1.54, 1.807) is 0 Å². The van der Waals surface area contributed by atoms with Gasteiger partial charge in [0.25, 0.3) is 5.91 Å². The fourth-order valence-corrected chi connectivity index (χ4v) is 3.84. The van der Waals surface area contributed by atoms with Crippen molar-refractivity contribution in [1.29, 1.82) is 0 Å². The van der Waals surface area contributed by atoms with E-state index in [9.17, 15) is 4.79 Å². The lowest BCUT2D eigenvalue weighted by atomic mass is 10.1.